The zero-order chi connectivity index (χ0) is 16.3. The third kappa shape index (κ3) is 4.10. The molecule has 0 amide bonds. The van der Waals surface area contributed by atoms with Crippen molar-refractivity contribution in [2.45, 2.75) is 9.79 Å². The van der Waals surface area contributed by atoms with Crippen molar-refractivity contribution in [3.63, 3.8) is 0 Å². The first-order valence-corrected chi connectivity index (χ1v) is 8.69. The minimum absolute atomic E-state index is 0.114. The van der Waals surface area contributed by atoms with E-state index < -0.39 is 11.9 Å². The van der Waals surface area contributed by atoms with E-state index in [1.54, 1.807) is 12.1 Å². The fourth-order valence-electron chi connectivity index (χ4n) is 1.49. The van der Waals surface area contributed by atoms with E-state index in [0.29, 0.717) is 19.8 Å². The number of carbonyl (C=O) groups is 2. The van der Waals surface area contributed by atoms with Crippen LogP contribution in [0.15, 0.2) is 46.2 Å². The molecule has 0 aliphatic carbocycles. The molecular formula is C14H8Cl2O4S2. The number of carboxylic acid groups (broad SMARTS) is 2. The van der Waals surface area contributed by atoms with Gasteiger partial charge in [0, 0.05) is 9.79 Å². The summed E-state index contributed by atoms with van der Waals surface area (Å²) in [6, 6.07) is 8.91. The second-order valence-corrected chi connectivity index (χ2v) is 7.09. The van der Waals surface area contributed by atoms with Gasteiger partial charge in [0.25, 0.3) is 0 Å². The molecule has 0 aliphatic heterocycles. The molecule has 0 radical (unpaired) electrons. The predicted octanol–water partition coefficient (Wildman–Crippen LogP) is 5.19. The minimum atomic E-state index is -1.04. The number of aromatic carboxylic acids is 2. The number of hydrogen-bond acceptors (Lipinski definition) is 4. The molecular weight excluding hydrogens is 367 g/mol. The van der Waals surface area contributed by atoms with E-state index in [1.807, 2.05) is 0 Å². The van der Waals surface area contributed by atoms with Gasteiger partial charge in [0.05, 0.1) is 21.2 Å². The number of benzene rings is 2. The summed E-state index contributed by atoms with van der Waals surface area (Å²) in [6.07, 6.45) is 0. The summed E-state index contributed by atoms with van der Waals surface area (Å²) in [4.78, 5) is 23.1. The van der Waals surface area contributed by atoms with E-state index >= 15 is 0 Å². The first-order chi connectivity index (χ1) is 10.4. The van der Waals surface area contributed by atoms with Gasteiger partial charge in [0.1, 0.15) is 0 Å². The Morgan fingerprint density at radius 2 is 1.14 bits per heavy atom. The van der Waals surface area contributed by atoms with E-state index in [1.165, 1.54) is 45.9 Å². The Morgan fingerprint density at radius 3 is 1.41 bits per heavy atom. The molecule has 2 rings (SSSR count). The molecule has 2 N–H and O–H groups in total. The lowest BCUT2D eigenvalue weighted by atomic mass is 10.2. The topological polar surface area (TPSA) is 74.6 Å². The highest BCUT2D eigenvalue weighted by molar-refractivity contribution is 8.76. The zero-order valence-electron chi connectivity index (χ0n) is 10.7. The quantitative estimate of drug-likeness (QED) is 0.701. The highest BCUT2D eigenvalue weighted by Crippen LogP contribution is 2.43. The number of rotatable bonds is 5. The van der Waals surface area contributed by atoms with Crippen molar-refractivity contribution < 1.29 is 19.8 Å². The molecule has 0 heterocycles. The highest BCUT2D eigenvalue weighted by atomic mass is 35.5. The fourth-order valence-corrected chi connectivity index (χ4v) is 4.47. The third-order valence-corrected chi connectivity index (χ3v) is 5.91. The van der Waals surface area contributed by atoms with Crippen LogP contribution in [0.4, 0.5) is 0 Å². The van der Waals surface area contributed by atoms with Crippen LogP contribution in [0.25, 0.3) is 0 Å². The molecule has 0 atom stereocenters. The number of carboxylic acids is 2. The monoisotopic (exact) mass is 374 g/mol. The molecule has 0 fully saturated rings. The van der Waals surface area contributed by atoms with Gasteiger partial charge in [-0.15, -0.1) is 0 Å². The molecule has 2 aromatic carbocycles. The van der Waals surface area contributed by atoms with Crippen molar-refractivity contribution >= 4 is 56.7 Å². The van der Waals surface area contributed by atoms with E-state index in [9.17, 15) is 9.59 Å². The average molecular weight is 375 g/mol. The van der Waals surface area contributed by atoms with Gasteiger partial charge in [-0.05, 0) is 36.4 Å². The van der Waals surface area contributed by atoms with E-state index in [2.05, 4.69) is 0 Å². The summed E-state index contributed by atoms with van der Waals surface area (Å²) in [7, 11) is 2.62. The lowest BCUT2D eigenvalue weighted by Gasteiger charge is -2.06. The van der Waals surface area contributed by atoms with Crippen LogP contribution in [0.2, 0.25) is 10.0 Å². The van der Waals surface area contributed by atoms with Crippen molar-refractivity contribution in [3.8, 4) is 0 Å². The molecule has 22 heavy (non-hydrogen) atoms. The van der Waals surface area contributed by atoms with Crippen LogP contribution in [-0.2, 0) is 0 Å². The van der Waals surface area contributed by atoms with Crippen LogP contribution in [0.1, 0.15) is 20.7 Å². The molecule has 2 aromatic rings. The van der Waals surface area contributed by atoms with Crippen molar-refractivity contribution in [2.24, 2.45) is 0 Å². The molecule has 0 spiro atoms. The second kappa shape index (κ2) is 7.28. The summed E-state index contributed by atoms with van der Waals surface area (Å²) in [5.41, 5.74) is 0.228. The molecule has 0 saturated carbocycles. The predicted molar refractivity (Wildman–Crippen MR) is 88.5 cm³/mol. The highest BCUT2D eigenvalue weighted by Gasteiger charge is 2.11. The molecule has 8 heteroatoms. The van der Waals surface area contributed by atoms with Gasteiger partial charge >= 0.3 is 11.9 Å². The van der Waals surface area contributed by atoms with Crippen molar-refractivity contribution in [2.75, 3.05) is 0 Å². The first-order valence-electron chi connectivity index (χ1n) is 5.78. The Hall–Kier alpha value is -1.34. The molecule has 0 aromatic heterocycles. The van der Waals surface area contributed by atoms with E-state index in [-0.39, 0.29) is 11.1 Å². The molecule has 114 valence electrons. The van der Waals surface area contributed by atoms with Crippen LogP contribution in [0.3, 0.4) is 0 Å². The first kappa shape index (κ1) is 17.0. The normalized spacial score (nSPS) is 10.5. The second-order valence-electron chi connectivity index (χ2n) is 4.07. The molecule has 0 saturated heterocycles. The van der Waals surface area contributed by atoms with E-state index in [0.717, 1.165) is 0 Å². The van der Waals surface area contributed by atoms with Crippen LogP contribution in [0.5, 0.6) is 0 Å². The average Bonchev–Trinajstić information content (AvgIpc) is 2.46. The SMILES string of the molecule is O=C(O)c1ccc(SSc2ccc(C(=O)O)cc2Cl)c(Cl)c1. The van der Waals surface area contributed by atoms with Crippen LogP contribution in [-0.4, -0.2) is 22.2 Å². The summed E-state index contributed by atoms with van der Waals surface area (Å²) in [5.74, 6) is -2.09. The molecule has 0 bridgehead atoms. The summed E-state index contributed by atoms with van der Waals surface area (Å²) in [6.45, 7) is 0. The lowest BCUT2D eigenvalue weighted by molar-refractivity contribution is 0.0686. The van der Waals surface area contributed by atoms with Gasteiger partial charge in [-0.1, -0.05) is 44.8 Å². The summed E-state index contributed by atoms with van der Waals surface area (Å²) < 4.78 is 0. The lowest BCUT2D eigenvalue weighted by Crippen LogP contribution is -1.95. The van der Waals surface area contributed by atoms with Gasteiger partial charge < -0.3 is 10.2 Å². The maximum atomic E-state index is 10.8. The number of halogens is 2. The van der Waals surface area contributed by atoms with Gasteiger partial charge in [0.15, 0.2) is 0 Å². The Morgan fingerprint density at radius 1 is 0.773 bits per heavy atom. The Bertz CT molecular complexity index is 686. The largest absolute Gasteiger partial charge is 0.478 e. The van der Waals surface area contributed by atoms with Crippen LogP contribution < -0.4 is 0 Å². The van der Waals surface area contributed by atoms with E-state index in [4.69, 9.17) is 33.4 Å². The van der Waals surface area contributed by atoms with Gasteiger partial charge in [-0.2, -0.15) is 0 Å². The van der Waals surface area contributed by atoms with Crippen molar-refractivity contribution in [1.82, 2.24) is 0 Å². The van der Waals surface area contributed by atoms with Gasteiger partial charge in [-0.3, -0.25) is 0 Å². The Labute approximate surface area is 143 Å². The molecule has 0 unspecified atom stereocenters. The standard InChI is InChI=1S/C14H8Cl2O4S2/c15-9-5-7(13(17)18)1-3-11(9)21-22-12-4-2-8(14(19)20)6-10(12)16/h1-6H,(H,17,18)(H,19,20). The van der Waals surface area contributed by atoms with Gasteiger partial charge in [-0.25, -0.2) is 9.59 Å². The Kier molecular flexibility index (Phi) is 5.63. The van der Waals surface area contributed by atoms with Crippen molar-refractivity contribution in [3.05, 3.63) is 57.6 Å². The van der Waals surface area contributed by atoms with Crippen LogP contribution in [0, 0.1) is 0 Å². The number of hydrogen-bond donors (Lipinski definition) is 2. The third-order valence-electron chi connectivity index (χ3n) is 2.58. The maximum absolute atomic E-state index is 10.8. The maximum Gasteiger partial charge on any atom is 0.335 e. The summed E-state index contributed by atoms with van der Waals surface area (Å²) in [5, 5.41) is 18.4. The zero-order valence-corrected chi connectivity index (χ0v) is 13.9. The fraction of sp³-hybridized carbons (Fsp3) is 0. The smallest absolute Gasteiger partial charge is 0.335 e. The minimum Gasteiger partial charge on any atom is -0.478 e. The van der Waals surface area contributed by atoms with Crippen LogP contribution >= 0.6 is 44.8 Å². The molecule has 4 nitrogen and oxygen atoms in total. The summed E-state index contributed by atoms with van der Waals surface area (Å²) >= 11 is 12.1. The van der Waals surface area contributed by atoms with Gasteiger partial charge in [0.2, 0.25) is 0 Å². The molecule has 0 aliphatic rings. The Balaban J connectivity index is 2.13. The van der Waals surface area contributed by atoms with Crippen molar-refractivity contribution in [1.29, 1.82) is 0 Å².